The number of carbonyl (C=O) groups excluding carboxylic acids is 1. The average Bonchev–Trinajstić information content (AvgIpc) is 3.71. The van der Waals surface area contributed by atoms with E-state index in [0.717, 1.165) is 27.4 Å². The average molecular weight is 621 g/mol. The fourth-order valence-electron chi connectivity index (χ4n) is 5.99. The van der Waals surface area contributed by atoms with Gasteiger partial charge in [0.05, 0.1) is 18.9 Å². The van der Waals surface area contributed by atoms with Crippen molar-refractivity contribution < 1.29 is 33.3 Å². The number of ether oxygens (including phenoxy) is 3. The number of hydrogen-bond acceptors (Lipinski definition) is 7. The molecule has 9 nitrogen and oxygen atoms in total. The SMILES string of the molecule is COC(CC(=O)O)CC(=O)N(Cc1ccc2ccccc2c1)C(C)C(CC=Cc1nc2ccccc2o1)c1ccc2c(c1)OCO2. The Labute approximate surface area is 267 Å². The lowest BCUT2D eigenvalue weighted by atomic mass is 9.87. The Bertz CT molecular complexity index is 1850. The van der Waals surface area contributed by atoms with Gasteiger partial charge in [0.15, 0.2) is 17.1 Å². The molecule has 0 aliphatic carbocycles. The van der Waals surface area contributed by atoms with Crippen molar-refractivity contribution >= 4 is 39.8 Å². The molecule has 2 heterocycles. The van der Waals surface area contributed by atoms with E-state index in [1.165, 1.54) is 7.11 Å². The van der Waals surface area contributed by atoms with Gasteiger partial charge >= 0.3 is 5.97 Å². The summed E-state index contributed by atoms with van der Waals surface area (Å²) in [6.45, 7) is 2.52. The van der Waals surface area contributed by atoms with Crippen LogP contribution in [0.15, 0.2) is 95.4 Å². The maximum absolute atomic E-state index is 14.1. The Balaban J connectivity index is 1.34. The molecule has 46 heavy (non-hydrogen) atoms. The topological polar surface area (TPSA) is 111 Å². The zero-order valence-electron chi connectivity index (χ0n) is 25.8. The minimum absolute atomic E-state index is 0.0622. The van der Waals surface area contributed by atoms with E-state index in [-0.39, 0.29) is 37.5 Å². The Morgan fingerprint density at radius 2 is 1.74 bits per heavy atom. The highest BCUT2D eigenvalue weighted by atomic mass is 16.7. The van der Waals surface area contributed by atoms with Crippen molar-refractivity contribution in [3.05, 3.63) is 108 Å². The third-order valence-electron chi connectivity index (χ3n) is 8.48. The summed E-state index contributed by atoms with van der Waals surface area (Å²) in [5.74, 6) is 0.460. The number of nitrogens with zero attached hydrogens (tertiary/aromatic N) is 2. The van der Waals surface area contributed by atoms with Crippen LogP contribution in [0, 0.1) is 0 Å². The van der Waals surface area contributed by atoms with E-state index in [4.69, 9.17) is 18.6 Å². The zero-order chi connectivity index (χ0) is 32.0. The molecule has 6 rings (SSSR count). The summed E-state index contributed by atoms with van der Waals surface area (Å²) >= 11 is 0. The molecule has 0 saturated heterocycles. The van der Waals surface area contributed by atoms with Crippen LogP contribution in [0.1, 0.15) is 49.1 Å². The van der Waals surface area contributed by atoms with Gasteiger partial charge in [-0.3, -0.25) is 9.59 Å². The van der Waals surface area contributed by atoms with Crippen LogP contribution in [0.3, 0.4) is 0 Å². The van der Waals surface area contributed by atoms with Crippen molar-refractivity contribution in [2.24, 2.45) is 0 Å². The number of amides is 1. The molecular formula is C37H36N2O7. The van der Waals surface area contributed by atoms with Gasteiger partial charge in [-0.1, -0.05) is 60.7 Å². The Morgan fingerprint density at radius 3 is 2.54 bits per heavy atom. The van der Waals surface area contributed by atoms with Crippen molar-refractivity contribution in [1.29, 1.82) is 0 Å². The summed E-state index contributed by atoms with van der Waals surface area (Å²) in [5, 5.41) is 11.6. The number of allylic oxidation sites excluding steroid dienone is 1. The molecule has 3 unspecified atom stereocenters. The molecule has 0 bridgehead atoms. The van der Waals surface area contributed by atoms with Gasteiger partial charge in [-0.15, -0.1) is 0 Å². The second kappa shape index (κ2) is 13.9. The molecule has 1 aliphatic rings. The lowest BCUT2D eigenvalue weighted by Crippen LogP contribution is -2.43. The Hall–Kier alpha value is -5.15. The standard InChI is InChI=1S/C37H36N2O7/c1-24(39(36(40)20-29(43-2)21-37(41)42)22-25-14-15-26-8-3-4-9-27(26)18-25)30(28-16-17-33-34(19-28)45-23-44-33)10-7-13-35-38-31-11-5-6-12-32(31)46-35/h3-9,11-19,24,29-30H,10,20-23H2,1-2H3,(H,41,42). The first-order valence-corrected chi connectivity index (χ1v) is 15.3. The minimum Gasteiger partial charge on any atom is -0.481 e. The van der Waals surface area contributed by atoms with Crippen LogP contribution < -0.4 is 9.47 Å². The first-order valence-electron chi connectivity index (χ1n) is 15.3. The second-order valence-corrected chi connectivity index (χ2v) is 11.5. The van der Waals surface area contributed by atoms with E-state index in [9.17, 15) is 14.7 Å². The molecule has 1 aliphatic heterocycles. The van der Waals surface area contributed by atoms with Crippen molar-refractivity contribution in [2.75, 3.05) is 13.9 Å². The molecule has 0 fully saturated rings. The largest absolute Gasteiger partial charge is 0.481 e. The molecule has 9 heteroatoms. The fourth-order valence-corrected chi connectivity index (χ4v) is 5.99. The van der Waals surface area contributed by atoms with Crippen molar-refractivity contribution in [2.45, 2.75) is 50.8 Å². The van der Waals surface area contributed by atoms with Crippen LogP contribution in [-0.4, -0.2) is 52.9 Å². The lowest BCUT2D eigenvalue weighted by Gasteiger charge is -2.36. The number of methoxy groups -OCH3 is 1. The van der Waals surface area contributed by atoms with Crippen molar-refractivity contribution in [3.63, 3.8) is 0 Å². The highest BCUT2D eigenvalue weighted by molar-refractivity contribution is 5.83. The second-order valence-electron chi connectivity index (χ2n) is 11.5. The fraction of sp³-hybridized carbons (Fsp3) is 0.270. The molecular weight excluding hydrogens is 584 g/mol. The van der Waals surface area contributed by atoms with Crippen LogP contribution in [0.4, 0.5) is 0 Å². The van der Waals surface area contributed by atoms with E-state index in [1.54, 1.807) is 0 Å². The van der Waals surface area contributed by atoms with Gasteiger partial charge in [0.1, 0.15) is 5.52 Å². The number of aliphatic carboxylic acids is 1. The number of carbonyl (C=O) groups is 2. The van der Waals surface area contributed by atoms with Crippen LogP contribution in [0.2, 0.25) is 0 Å². The first kappa shape index (κ1) is 30.9. The normalized spacial score (nSPS) is 14.5. The Kier molecular flexibility index (Phi) is 9.30. The molecule has 1 N–H and O–H groups in total. The van der Waals surface area contributed by atoms with E-state index in [2.05, 4.69) is 29.2 Å². The van der Waals surface area contributed by atoms with Crippen LogP contribution in [-0.2, 0) is 20.9 Å². The summed E-state index contributed by atoms with van der Waals surface area (Å²) in [6, 6.07) is 27.4. The number of hydrogen-bond donors (Lipinski definition) is 1. The lowest BCUT2D eigenvalue weighted by molar-refractivity contribution is -0.142. The van der Waals surface area contributed by atoms with E-state index < -0.39 is 12.1 Å². The van der Waals surface area contributed by atoms with Gasteiger partial charge in [-0.05, 0) is 71.7 Å². The van der Waals surface area contributed by atoms with Gasteiger partial charge in [-0.25, -0.2) is 4.98 Å². The highest BCUT2D eigenvalue weighted by Gasteiger charge is 2.31. The van der Waals surface area contributed by atoms with Gasteiger partial charge in [0, 0.05) is 25.6 Å². The molecule has 1 aromatic heterocycles. The number of carboxylic acids is 1. The van der Waals surface area contributed by atoms with Crippen molar-refractivity contribution in [3.8, 4) is 11.5 Å². The predicted molar refractivity (Wildman–Crippen MR) is 175 cm³/mol. The van der Waals surface area contributed by atoms with Gasteiger partial charge in [0.2, 0.25) is 18.6 Å². The maximum atomic E-state index is 14.1. The number of aromatic nitrogens is 1. The molecule has 236 valence electrons. The number of para-hydroxylation sites is 2. The van der Waals surface area contributed by atoms with Gasteiger partial charge in [0.25, 0.3) is 0 Å². The summed E-state index contributed by atoms with van der Waals surface area (Å²) in [5.41, 5.74) is 3.44. The summed E-state index contributed by atoms with van der Waals surface area (Å²) in [4.78, 5) is 32.0. The smallest absolute Gasteiger partial charge is 0.305 e. The van der Waals surface area contributed by atoms with Crippen LogP contribution >= 0.6 is 0 Å². The molecule has 0 radical (unpaired) electrons. The van der Waals surface area contributed by atoms with Gasteiger partial charge in [-0.2, -0.15) is 0 Å². The summed E-state index contributed by atoms with van der Waals surface area (Å²) in [6.07, 6.45) is 3.35. The summed E-state index contributed by atoms with van der Waals surface area (Å²) < 4.78 is 22.6. The molecule has 5 aromatic rings. The Morgan fingerprint density at radius 1 is 0.957 bits per heavy atom. The van der Waals surface area contributed by atoms with Crippen LogP contribution in [0.25, 0.3) is 27.9 Å². The highest BCUT2D eigenvalue weighted by Crippen LogP contribution is 2.38. The minimum atomic E-state index is -1.02. The molecule has 4 aromatic carbocycles. The van der Waals surface area contributed by atoms with Crippen LogP contribution in [0.5, 0.6) is 11.5 Å². The zero-order valence-corrected chi connectivity index (χ0v) is 25.8. The molecule has 0 saturated carbocycles. The quantitative estimate of drug-likeness (QED) is 0.147. The monoisotopic (exact) mass is 620 g/mol. The molecule has 1 amide bonds. The van der Waals surface area contributed by atoms with E-state index in [0.29, 0.717) is 35.9 Å². The number of oxazole rings is 1. The predicted octanol–water partition coefficient (Wildman–Crippen LogP) is 7.19. The number of benzene rings is 4. The first-order chi connectivity index (χ1) is 22.4. The number of carboxylic acid groups (broad SMARTS) is 1. The third kappa shape index (κ3) is 7.05. The maximum Gasteiger partial charge on any atom is 0.305 e. The van der Waals surface area contributed by atoms with E-state index in [1.807, 2.05) is 84.6 Å². The van der Waals surface area contributed by atoms with Crippen molar-refractivity contribution in [1.82, 2.24) is 9.88 Å². The third-order valence-corrected chi connectivity index (χ3v) is 8.48. The molecule has 0 spiro atoms. The van der Waals surface area contributed by atoms with Gasteiger partial charge < -0.3 is 28.6 Å². The summed E-state index contributed by atoms with van der Waals surface area (Å²) in [7, 11) is 1.43. The number of rotatable bonds is 13. The number of fused-ring (bicyclic) bond motifs is 3. The molecule has 3 atom stereocenters. The van der Waals surface area contributed by atoms with E-state index >= 15 is 0 Å².